The number of benzene rings is 2. The number of rotatable bonds is 7. The Morgan fingerprint density at radius 3 is 2.39 bits per heavy atom. The van der Waals surface area contributed by atoms with Gasteiger partial charge in [-0.15, -0.1) is 0 Å². The van der Waals surface area contributed by atoms with Gasteiger partial charge in [0.25, 0.3) is 11.8 Å². The molecule has 1 saturated carbocycles. The number of hydrogen-bond acceptors (Lipinski definition) is 5. The van der Waals surface area contributed by atoms with Gasteiger partial charge in [0.2, 0.25) is 0 Å². The number of amides is 2. The Morgan fingerprint density at radius 1 is 1.03 bits per heavy atom. The smallest absolute Gasteiger partial charge is 0.325 e. The number of methoxy groups -OCH3 is 1. The number of anilines is 1. The molecule has 0 radical (unpaired) electrons. The van der Waals surface area contributed by atoms with E-state index in [2.05, 4.69) is 20.5 Å². The SMILES string of the molecule is COC(=O)CNC(=O)c1ccc(NC(=O)c2cnn(-c3ccccc3)c2C2CC2)cc1. The van der Waals surface area contributed by atoms with E-state index in [0.717, 1.165) is 24.2 Å². The second-order valence-corrected chi connectivity index (χ2v) is 7.26. The van der Waals surface area contributed by atoms with Crippen LogP contribution in [0.15, 0.2) is 60.8 Å². The molecule has 1 heterocycles. The molecule has 1 aromatic heterocycles. The van der Waals surface area contributed by atoms with Crippen molar-refractivity contribution in [1.82, 2.24) is 15.1 Å². The average Bonchev–Trinajstić information content (AvgIpc) is 3.55. The molecule has 2 N–H and O–H groups in total. The summed E-state index contributed by atoms with van der Waals surface area (Å²) in [5, 5.41) is 9.80. The summed E-state index contributed by atoms with van der Waals surface area (Å²) in [4.78, 5) is 36.2. The van der Waals surface area contributed by atoms with Crippen LogP contribution in [0.1, 0.15) is 45.2 Å². The lowest BCUT2D eigenvalue weighted by molar-refractivity contribution is -0.139. The molecule has 158 valence electrons. The van der Waals surface area contributed by atoms with Crippen molar-refractivity contribution in [3.05, 3.63) is 77.6 Å². The summed E-state index contributed by atoms with van der Waals surface area (Å²) >= 11 is 0. The van der Waals surface area contributed by atoms with E-state index < -0.39 is 11.9 Å². The molecule has 3 aromatic rings. The fraction of sp³-hybridized carbons (Fsp3) is 0.217. The Kier molecular flexibility index (Phi) is 5.79. The average molecular weight is 418 g/mol. The number of esters is 1. The van der Waals surface area contributed by atoms with Gasteiger partial charge in [0.1, 0.15) is 6.54 Å². The van der Waals surface area contributed by atoms with Crippen molar-refractivity contribution >= 4 is 23.5 Å². The normalized spacial score (nSPS) is 12.8. The van der Waals surface area contributed by atoms with Gasteiger partial charge in [-0.25, -0.2) is 4.68 Å². The summed E-state index contributed by atoms with van der Waals surface area (Å²) in [6.45, 7) is -0.205. The molecular formula is C23H22N4O4. The van der Waals surface area contributed by atoms with E-state index in [0.29, 0.717) is 22.7 Å². The first-order valence-electron chi connectivity index (χ1n) is 9.96. The maximum absolute atomic E-state index is 12.9. The minimum atomic E-state index is -0.528. The van der Waals surface area contributed by atoms with Crippen molar-refractivity contribution in [2.45, 2.75) is 18.8 Å². The third kappa shape index (κ3) is 4.63. The first-order valence-corrected chi connectivity index (χ1v) is 9.96. The van der Waals surface area contributed by atoms with Crippen LogP contribution in [0.3, 0.4) is 0 Å². The number of ether oxygens (including phenoxy) is 1. The Bertz CT molecular complexity index is 1100. The Hall–Kier alpha value is -3.94. The summed E-state index contributed by atoms with van der Waals surface area (Å²) < 4.78 is 6.33. The van der Waals surface area contributed by atoms with E-state index in [4.69, 9.17) is 0 Å². The molecule has 0 unspecified atom stereocenters. The molecule has 8 nitrogen and oxygen atoms in total. The molecule has 31 heavy (non-hydrogen) atoms. The van der Waals surface area contributed by atoms with Crippen molar-refractivity contribution in [3.8, 4) is 5.69 Å². The number of hydrogen-bond donors (Lipinski definition) is 2. The van der Waals surface area contributed by atoms with Crippen LogP contribution in [-0.4, -0.2) is 41.2 Å². The number of para-hydroxylation sites is 1. The molecule has 2 amide bonds. The zero-order valence-electron chi connectivity index (χ0n) is 17.0. The Balaban J connectivity index is 1.47. The summed E-state index contributed by atoms with van der Waals surface area (Å²) in [5.74, 6) is -0.848. The van der Waals surface area contributed by atoms with Crippen LogP contribution < -0.4 is 10.6 Å². The van der Waals surface area contributed by atoms with Crippen LogP contribution in [0.2, 0.25) is 0 Å². The highest BCUT2D eigenvalue weighted by Gasteiger charge is 2.33. The van der Waals surface area contributed by atoms with Crippen LogP contribution in [0.5, 0.6) is 0 Å². The van der Waals surface area contributed by atoms with Gasteiger partial charge in [0.15, 0.2) is 0 Å². The highest BCUT2D eigenvalue weighted by atomic mass is 16.5. The fourth-order valence-corrected chi connectivity index (χ4v) is 3.29. The standard InChI is InChI=1S/C23H22N4O4/c1-31-20(28)14-24-22(29)16-9-11-17(12-10-16)26-23(30)19-13-25-27(21(19)15-7-8-15)18-5-3-2-4-6-18/h2-6,9-13,15H,7-8,14H2,1H3,(H,24,29)(H,26,30). The maximum atomic E-state index is 12.9. The molecule has 1 aliphatic carbocycles. The second-order valence-electron chi connectivity index (χ2n) is 7.26. The number of carbonyl (C=O) groups is 3. The largest absolute Gasteiger partial charge is 0.468 e. The predicted molar refractivity (Wildman–Crippen MR) is 114 cm³/mol. The van der Waals surface area contributed by atoms with E-state index in [1.165, 1.54) is 7.11 Å². The van der Waals surface area contributed by atoms with Crippen LogP contribution in [-0.2, 0) is 9.53 Å². The lowest BCUT2D eigenvalue weighted by Crippen LogP contribution is -2.30. The van der Waals surface area contributed by atoms with E-state index in [-0.39, 0.29) is 12.5 Å². The second kappa shape index (κ2) is 8.83. The van der Waals surface area contributed by atoms with Gasteiger partial charge in [-0.1, -0.05) is 18.2 Å². The molecule has 2 aromatic carbocycles. The lowest BCUT2D eigenvalue weighted by Gasteiger charge is -2.10. The van der Waals surface area contributed by atoms with Crippen LogP contribution >= 0.6 is 0 Å². The van der Waals surface area contributed by atoms with Crippen LogP contribution in [0.25, 0.3) is 5.69 Å². The topological polar surface area (TPSA) is 102 Å². The van der Waals surface area contributed by atoms with Gasteiger partial charge in [-0.2, -0.15) is 5.10 Å². The Morgan fingerprint density at radius 2 is 1.74 bits per heavy atom. The Labute approximate surface area is 179 Å². The van der Waals surface area contributed by atoms with E-state index in [9.17, 15) is 14.4 Å². The number of carbonyl (C=O) groups excluding carboxylic acids is 3. The van der Waals surface area contributed by atoms with Gasteiger partial charge in [0, 0.05) is 17.2 Å². The van der Waals surface area contributed by atoms with E-state index in [1.807, 2.05) is 35.0 Å². The van der Waals surface area contributed by atoms with Crippen molar-refractivity contribution in [2.24, 2.45) is 0 Å². The fourth-order valence-electron chi connectivity index (χ4n) is 3.29. The zero-order chi connectivity index (χ0) is 21.8. The molecule has 4 rings (SSSR count). The molecule has 0 saturated heterocycles. The first kappa shape index (κ1) is 20.3. The van der Waals surface area contributed by atoms with Crippen LogP contribution in [0, 0.1) is 0 Å². The maximum Gasteiger partial charge on any atom is 0.325 e. The van der Waals surface area contributed by atoms with Gasteiger partial charge >= 0.3 is 5.97 Å². The summed E-state index contributed by atoms with van der Waals surface area (Å²) in [6.07, 6.45) is 3.67. The van der Waals surface area contributed by atoms with Crippen molar-refractivity contribution in [3.63, 3.8) is 0 Å². The minimum absolute atomic E-state index is 0.205. The highest BCUT2D eigenvalue weighted by Crippen LogP contribution is 2.42. The number of nitrogens with zero attached hydrogens (tertiary/aromatic N) is 2. The summed E-state index contributed by atoms with van der Waals surface area (Å²) in [5.41, 5.74) is 3.32. The third-order valence-electron chi connectivity index (χ3n) is 5.04. The first-order chi connectivity index (χ1) is 15.1. The van der Waals surface area contributed by atoms with Gasteiger partial charge in [-0.3, -0.25) is 14.4 Å². The van der Waals surface area contributed by atoms with Crippen molar-refractivity contribution < 1.29 is 19.1 Å². The molecule has 1 aliphatic rings. The van der Waals surface area contributed by atoms with Crippen molar-refractivity contribution in [1.29, 1.82) is 0 Å². The lowest BCUT2D eigenvalue weighted by atomic mass is 10.1. The van der Waals surface area contributed by atoms with Gasteiger partial charge in [0.05, 0.1) is 30.3 Å². The molecule has 0 aliphatic heterocycles. The molecule has 0 spiro atoms. The summed E-state index contributed by atoms with van der Waals surface area (Å²) in [7, 11) is 1.25. The monoisotopic (exact) mass is 418 g/mol. The molecule has 0 bridgehead atoms. The van der Waals surface area contributed by atoms with Crippen molar-refractivity contribution in [2.75, 3.05) is 19.0 Å². The van der Waals surface area contributed by atoms with E-state index in [1.54, 1.807) is 30.5 Å². The van der Waals surface area contributed by atoms with Gasteiger partial charge < -0.3 is 15.4 Å². The molecule has 8 heteroatoms. The molecule has 1 fully saturated rings. The van der Waals surface area contributed by atoms with Crippen LogP contribution in [0.4, 0.5) is 5.69 Å². The summed E-state index contributed by atoms with van der Waals surface area (Å²) in [6, 6.07) is 16.2. The number of nitrogens with one attached hydrogen (secondary N) is 2. The minimum Gasteiger partial charge on any atom is -0.468 e. The van der Waals surface area contributed by atoms with E-state index >= 15 is 0 Å². The number of aromatic nitrogens is 2. The molecular weight excluding hydrogens is 396 g/mol. The predicted octanol–water partition coefficient (Wildman–Crippen LogP) is 2.90. The van der Waals surface area contributed by atoms with Gasteiger partial charge in [-0.05, 0) is 49.2 Å². The third-order valence-corrected chi connectivity index (χ3v) is 5.04. The quantitative estimate of drug-likeness (QED) is 0.575. The molecule has 0 atom stereocenters. The highest BCUT2D eigenvalue weighted by molar-refractivity contribution is 6.05. The zero-order valence-corrected chi connectivity index (χ0v) is 17.0.